The third kappa shape index (κ3) is 5.74. The number of tetrazole rings is 1. The van der Waals surface area contributed by atoms with E-state index < -0.39 is 17.7 Å². The van der Waals surface area contributed by atoms with Gasteiger partial charge in [-0.2, -0.15) is 5.21 Å². The van der Waals surface area contributed by atoms with Crippen molar-refractivity contribution in [3.8, 4) is 11.4 Å². The van der Waals surface area contributed by atoms with Gasteiger partial charge < -0.3 is 10.1 Å². The Bertz CT molecular complexity index is 1290. The summed E-state index contributed by atoms with van der Waals surface area (Å²) in [6.45, 7) is 0. The van der Waals surface area contributed by atoms with Crippen LogP contribution in [0, 0.1) is 0 Å². The number of aromatic amines is 1. The van der Waals surface area contributed by atoms with Crippen molar-refractivity contribution in [3.05, 3.63) is 81.1 Å². The summed E-state index contributed by atoms with van der Waals surface area (Å²) in [5, 5.41) is 16.3. The van der Waals surface area contributed by atoms with Crippen molar-refractivity contribution in [1.82, 2.24) is 30.2 Å². The number of aryl methyl sites for hydroxylation is 2. The first-order chi connectivity index (χ1) is 15.8. The van der Waals surface area contributed by atoms with Crippen LogP contribution in [0.5, 0.6) is 5.75 Å². The number of nitrogens with one attached hydrogen (secondary N) is 2. The minimum Gasteiger partial charge on any atom is -0.404 e. The van der Waals surface area contributed by atoms with E-state index in [0.717, 1.165) is 11.6 Å². The maximum absolute atomic E-state index is 12.9. The first-order valence-corrected chi connectivity index (χ1v) is 10.3. The Morgan fingerprint density at radius 3 is 2.61 bits per heavy atom. The molecule has 0 aliphatic heterocycles. The molecule has 0 radical (unpaired) electrons. The van der Waals surface area contributed by atoms with Crippen LogP contribution in [0.15, 0.2) is 64.1 Å². The second-order valence-electron chi connectivity index (χ2n) is 6.76. The molecule has 0 fully saturated rings. The van der Waals surface area contributed by atoms with Crippen LogP contribution in [0.3, 0.4) is 0 Å². The van der Waals surface area contributed by atoms with Crippen LogP contribution < -0.4 is 15.6 Å². The van der Waals surface area contributed by atoms with Crippen LogP contribution in [0.4, 0.5) is 24.7 Å². The average Bonchev–Trinajstić information content (AvgIpc) is 3.29. The molecule has 0 bridgehead atoms. The molecule has 2 aromatic carbocycles. The van der Waals surface area contributed by atoms with Gasteiger partial charge in [0.15, 0.2) is 17.4 Å². The molecule has 4 rings (SSSR count). The van der Waals surface area contributed by atoms with Crippen LogP contribution >= 0.6 is 15.9 Å². The molecule has 0 atom stereocenters. The predicted octanol–water partition coefficient (Wildman–Crippen LogP) is 3.94. The number of alkyl halides is 3. The summed E-state index contributed by atoms with van der Waals surface area (Å²) < 4.78 is 44.1. The number of aromatic nitrogens is 6. The number of halogens is 4. The SMILES string of the molecule is O=c1c(Nc2ccc(Br)cc2OC(F)(F)F)nccn1-c1ccc(CCc2nn[nH]n2)cc1. The number of benzene rings is 2. The molecule has 170 valence electrons. The minimum absolute atomic E-state index is 0.0605. The average molecular weight is 522 g/mol. The Morgan fingerprint density at radius 2 is 1.91 bits per heavy atom. The minimum atomic E-state index is -4.90. The summed E-state index contributed by atoms with van der Waals surface area (Å²) in [5.41, 5.74) is 0.969. The highest BCUT2D eigenvalue weighted by Gasteiger charge is 2.32. The van der Waals surface area contributed by atoms with E-state index in [1.807, 2.05) is 12.1 Å². The lowest BCUT2D eigenvalue weighted by Crippen LogP contribution is -2.22. The highest BCUT2D eigenvalue weighted by atomic mass is 79.9. The van der Waals surface area contributed by atoms with Crippen molar-refractivity contribution < 1.29 is 17.9 Å². The number of hydrogen-bond acceptors (Lipinski definition) is 7. The fourth-order valence-corrected chi connectivity index (χ4v) is 3.34. The van der Waals surface area contributed by atoms with Crippen molar-refractivity contribution in [2.24, 2.45) is 0 Å². The van der Waals surface area contributed by atoms with Crippen molar-refractivity contribution in [2.75, 3.05) is 5.32 Å². The van der Waals surface area contributed by atoms with E-state index in [0.29, 0.717) is 28.8 Å². The molecule has 9 nitrogen and oxygen atoms in total. The molecule has 0 saturated carbocycles. The molecule has 0 spiro atoms. The van der Waals surface area contributed by atoms with Crippen LogP contribution in [-0.4, -0.2) is 36.5 Å². The zero-order valence-corrected chi connectivity index (χ0v) is 18.3. The molecular formula is C20H15BrF3N7O2. The lowest BCUT2D eigenvalue weighted by Gasteiger charge is -2.15. The Morgan fingerprint density at radius 1 is 1.12 bits per heavy atom. The summed E-state index contributed by atoms with van der Waals surface area (Å²) in [6.07, 6.45) is -0.765. The quantitative estimate of drug-likeness (QED) is 0.379. The second kappa shape index (κ2) is 9.40. The standard InChI is InChI=1S/C20H15BrF3N7O2/c21-13-4-7-15(16(11-13)33-20(22,23)24)26-18-19(32)31(10-9-25-18)14-5-1-12(2-6-14)3-8-17-27-29-30-28-17/h1-2,4-7,9-11H,3,8H2,(H,25,26)(H,27,28,29,30). The molecule has 2 heterocycles. The highest BCUT2D eigenvalue weighted by molar-refractivity contribution is 9.10. The summed E-state index contributed by atoms with van der Waals surface area (Å²) in [5.74, 6) is -0.0607. The van der Waals surface area contributed by atoms with E-state index >= 15 is 0 Å². The van der Waals surface area contributed by atoms with Crippen LogP contribution in [0.1, 0.15) is 11.4 Å². The second-order valence-corrected chi connectivity index (χ2v) is 7.67. The molecule has 0 unspecified atom stereocenters. The van der Waals surface area contributed by atoms with Gasteiger partial charge in [-0.15, -0.1) is 23.4 Å². The molecule has 0 saturated heterocycles. The first-order valence-electron chi connectivity index (χ1n) is 9.50. The molecule has 0 aliphatic carbocycles. The Labute approximate surface area is 192 Å². The van der Waals surface area contributed by atoms with Gasteiger partial charge in [0.1, 0.15) is 0 Å². The van der Waals surface area contributed by atoms with Gasteiger partial charge >= 0.3 is 6.36 Å². The Hall–Kier alpha value is -3.74. The van der Waals surface area contributed by atoms with E-state index in [4.69, 9.17) is 0 Å². The third-order valence-corrected chi connectivity index (χ3v) is 5.00. The Balaban J connectivity index is 1.56. The van der Waals surface area contributed by atoms with Crippen molar-refractivity contribution >= 4 is 27.4 Å². The lowest BCUT2D eigenvalue weighted by molar-refractivity contribution is -0.274. The molecule has 2 aromatic heterocycles. The van der Waals surface area contributed by atoms with E-state index in [1.54, 1.807) is 12.1 Å². The highest BCUT2D eigenvalue weighted by Crippen LogP contribution is 2.34. The number of ether oxygens (including phenoxy) is 1. The topological polar surface area (TPSA) is 111 Å². The fraction of sp³-hybridized carbons (Fsp3) is 0.150. The van der Waals surface area contributed by atoms with E-state index in [2.05, 4.69) is 51.6 Å². The molecule has 0 amide bonds. The summed E-state index contributed by atoms with van der Waals surface area (Å²) in [4.78, 5) is 16.9. The molecule has 4 aromatic rings. The van der Waals surface area contributed by atoms with E-state index in [-0.39, 0.29) is 11.5 Å². The predicted molar refractivity (Wildman–Crippen MR) is 116 cm³/mol. The van der Waals surface area contributed by atoms with Crippen LogP contribution in [0.2, 0.25) is 0 Å². The molecule has 13 heteroatoms. The summed E-state index contributed by atoms with van der Waals surface area (Å²) in [7, 11) is 0. The summed E-state index contributed by atoms with van der Waals surface area (Å²) in [6, 6.07) is 11.2. The maximum atomic E-state index is 12.9. The number of H-pyrrole nitrogens is 1. The van der Waals surface area contributed by atoms with Gasteiger partial charge in [0, 0.05) is 29.0 Å². The molecule has 33 heavy (non-hydrogen) atoms. The largest absolute Gasteiger partial charge is 0.573 e. The number of hydrogen-bond donors (Lipinski definition) is 2. The monoisotopic (exact) mass is 521 g/mol. The smallest absolute Gasteiger partial charge is 0.404 e. The van der Waals surface area contributed by atoms with Gasteiger partial charge in [0.2, 0.25) is 0 Å². The molecule has 0 aliphatic rings. The van der Waals surface area contributed by atoms with Gasteiger partial charge in [-0.05, 0) is 42.3 Å². The van der Waals surface area contributed by atoms with Gasteiger partial charge in [0.05, 0.1) is 5.69 Å². The van der Waals surface area contributed by atoms with Gasteiger partial charge in [0.25, 0.3) is 5.56 Å². The molecular weight excluding hydrogens is 507 g/mol. The zero-order valence-electron chi connectivity index (χ0n) is 16.7. The number of nitrogens with zero attached hydrogens (tertiary/aromatic N) is 5. The number of anilines is 2. The van der Waals surface area contributed by atoms with Crippen LogP contribution in [-0.2, 0) is 12.8 Å². The Kier molecular flexibility index (Phi) is 6.40. The zero-order chi connectivity index (χ0) is 23.4. The van der Waals surface area contributed by atoms with E-state index in [1.165, 1.54) is 29.1 Å². The lowest BCUT2D eigenvalue weighted by atomic mass is 10.1. The van der Waals surface area contributed by atoms with Gasteiger partial charge in [-0.25, -0.2) is 4.98 Å². The van der Waals surface area contributed by atoms with Crippen molar-refractivity contribution in [2.45, 2.75) is 19.2 Å². The maximum Gasteiger partial charge on any atom is 0.573 e. The van der Waals surface area contributed by atoms with Gasteiger partial charge in [-0.3, -0.25) is 9.36 Å². The van der Waals surface area contributed by atoms with Crippen molar-refractivity contribution in [3.63, 3.8) is 0 Å². The van der Waals surface area contributed by atoms with Crippen molar-refractivity contribution in [1.29, 1.82) is 0 Å². The van der Waals surface area contributed by atoms with Gasteiger partial charge in [-0.1, -0.05) is 33.3 Å². The van der Waals surface area contributed by atoms with Crippen LogP contribution in [0.25, 0.3) is 5.69 Å². The third-order valence-electron chi connectivity index (χ3n) is 4.50. The number of rotatable bonds is 7. The molecule has 2 N–H and O–H groups in total. The summed E-state index contributed by atoms with van der Waals surface area (Å²) >= 11 is 3.11. The fourth-order valence-electron chi connectivity index (χ4n) is 3.00. The first kappa shape index (κ1) is 22.5. The van der Waals surface area contributed by atoms with E-state index in [9.17, 15) is 18.0 Å². The normalized spacial score (nSPS) is 11.4.